The summed E-state index contributed by atoms with van der Waals surface area (Å²) in [5.74, 6) is 0.595. The molecule has 13 heavy (non-hydrogen) atoms. The second-order valence-electron chi connectivity index (χ2n) is 2.60. The summed E-state index contributed by atoms with van der Waals surface area (Å²) >= 11 is 5.93. The van der Waals surface area contributed by atoms with Crippen LogP contribution in [0.3, 0.4) is 0 Å². The van der Waals surface area contributed by atoms with Gasteiger partial charge in [0, 0.05) is 18.8 Å². The molecule has 0 aliphatic rings. The summed E-state index contributed by atoms with van der Waals surface area (Å²) in [7, 11) is 1.59. The van der Waals surface area contributed by atoms with Gasteiger partial charge < -0.3 is 10.1 Å². The molecule has 0 amide bonds. The predicted octanol–water partition coefficient (Wildman–Crippen LogP) is 1.85. The first-order chi connectivity index (χ1) is 6.27. The Bertz CT molecular complexity index is 278. The monoisotopic (exact) mass is 200 g/mol. The van der Waals surface area contributed by atoms with Gasteiger partial charge >= 0.3 is 0 Å². The van der Waals surface area contributed by atoms with Crippen LogP contribution >= 0.6 is 11.6 Å². The van der Waals surface area contributed by atoms with E-state index in [0.29, 0.717) is 10.9 Å². The van der Waals surface area contributed by atoms with E-state index < -0.39 is 0 Å². The van der Waals surface area contributed by atoms with Gasteiger partial charge in [-0.25, -0.2) is 4.98 Å². The van der Waals surface area contributed by atoms with Crippen molar-refractivity contribution >= 4 is 11.6 Å². The Hall–Kier alpha value is -0.800. The first-order valence-corrected chi connectivity index (χ1v) is 4.54. The topological polar surface area (TPSA) is 34.1 Å². The lowest BCUT2D eigenvalue weighted by atomic mass is 10.2. The van der Waals surface area contributed by atoms with Gasteiger partial charge in [0.15, 0.2) is 0 Å². The number of ether oxygens (including phenoxy) is 1. The number of hydrogen-bond donors (Lipinski definition) is 1. The summed E-state index contributed by atoms with van der Waals surface area (Å²) in [5, 5.41) is 3.86. The quantitative estimate of drug-likeness (QED) is 0.806. The molecule has 0 aliphatic heterocycles. The molecule has 1 aromatic rings. The molecule has 72 valence electrons. The van der Waals surface area contributed by atoms with Gasteiger partial charge in [-0.05, 0) is 12.1 Å². The maximum Gasteiger partial charge on any atom is 0.213 e. The fraction of sp³-hybridized carbons (Fsp3) is 0.444. The van der Waals surface area contributed by atoms with Gasteiger partial charge in [0.25, 0.3) is 0 Å². The van der Waals surface area contributed by atoms with E-state index in [2.05, 4.69) is 10.3 Å². The average molecular weight is 201 g/mol. The fourth-order valence-electron chi connectivity index (χ4n) is 0.965. The van der Waals surface area contributed by atoms with Crippen LogP contribution in [0.5, 0.6) is 5.88 Å². The number of halogens is 1. The number of nitrogens with zero attached hydrogens (tertiary/aromatic N) is 1. The van der Waals surface area contributed by atoms with Crippen molar-refractivity contribution in [3.05, 3.63) is 22.8 Å². The fourth-order valence-corrected chi connectivity index (χ4v) is 1.14. The lowest BCUT2D eigenvalue weighted by molar-refractivity contribution is 0.397. The molecule has 0 fully saturated rings. The molecule has 0 saturated carbocycles. The Morgan fingerprint density at radius 3 is 3.00 bits per heavy atom. The van der Waals surface area contributed by atoms with Crippen LogP contribution in [0.15, 0.2) is 12.3 Å². The maximum atomic E-state index is 5.93. The van der Waals surface area contributed by atoms with Crippen LogP contribution in [-0.2, 0) is 6.54 Å². The van der Waals surface area contributed by atoms with Crippen molar-refractivity contribution in [3.63, 3.8) is 0 Å². The lowest BCUT2D eigenvalue weighted by Gasteiger charge is -2.06. The third-order valence-corrected chi connectivity index (χ3v) is 2.02. The van der Waals surface area contributed by atoms with E-state index in [1.54, 1.807) is 13.3 Å². The van der Waals surface area contributed by atoms with Gasteiger partial charge in [-0.2, -0.15) is 0 Å². The van der Waals surface area contributed by atoms with E-state index in [0.717, 1.165) is 18.7 Å². The van der Waals surface area contributed by atoms with E-state index in [4.69, 9.17) is 16.3 Å². The van der Waals surface area contributed by atoms with Crippen molar-refractivity contribution < 1.29 is 4.74 Å². The molecule has 1 rings (SSSR count). The molecule has 0 bridgehead atoms. The minimum absolute atomic E-state index is 0.595. The highest BCUT2D eigenvalue weighted by atomic mass is 35.5. The highest BCUT2D eigenvalue weighted by Crippen LogP contribution is 2.18. The molecule has 1 heterocycles. The standard InChI is InChI=1S/C9H13ClN2O/c1-3-11-5-7-4-9(13-2)12-6-8(7)10/h4,6,11H,3,5H2,1-2H3. The second kappa shape index (κ2) is 5.04. The summed E-state index contributed by atoms with van der Waals surface area (Å²) in [4.78, 5) is 3.98. The number of rotatable bonds is 4. The largest absolute Gasteiger partial charge is 0.481 e. The Balaban J connectivity index is 2.78. The Labute approximate surface area is 83.1 Å². The van der Waals surface area contributed by atoms with Crippen molar-refractivity contribution in [3.8, 4) is 5.88 Å². The number of methoxy groups -OCH3 is 1. The Morgan fingerprint density at radius 2 is 2.38 bits per heavy atom. The van der Waals surface area contributed by atoms with Crippen LogP contribution in [0, 0.1) is 0 Å². The van der Waals surface area contributed by atoms with E-state index in [1.165, 1.54) is 0 Å². The predicted molar refractivity (Wildman–Crippen MR) is 53.2 cm³/mol. The van der Waals surface area contributed by atoms with Crippen molar-refractivity contribution in [2.45, 2.75) is 13.5 Å². The molecule has 0 aromatic carbocycles. The summed E-state index contributed by atoms with van der Waals surface area (Å²) in [6.45, 7) is 3.71. The molecular weight excluding hydrogens is 188 g/mol. The number of pyridine rings is 1. The Kier molecular flexibility index (Phi) is 3.99. The van der Waals surface area contributed by atoms with Crippen LogP contribution in [0.4, 0.5) is 0 Å². The van der Waals surface area contributed by atoms with Crippen LogP contribution in [0.25, 0.3) is 0 Å². The van der Waals surface area contributed by atoms with Gasteiger partial charge in [-0.3, -0.25) is 0 Å². The van der Waals surface area contributed by atoms with Gasteiger partial charge in [-0.15, -0.1) is 0 Å². The molecule has 0 spiro atoms. The Morgan fingerprint density at radius 1 is 1.62 bits per heavy atom. The molecular formula is C9H13ClN2O. The van der Waals surface area contributed by atoms with Crippen molar-refractivity contribution in [2.24, 2.45) is 0 Å². The first kappa shape index (κ1) is 10.3. The van der Waals surface area contributed by atoms with Crippen LogP contribution in [-0.4, -0.2) is 18.6 Å². The zero-order chi connectivity index (χ0) is 9.68. The van der Waals surface area contributed by atoms with Crippen LogP contribution < -0.4 is 10.1 Å². The van der Waals surface area contributed by atoms with Gasteiger partial charge in [0.05, 0.1) is 12.1 Å². The zero-order valence-electron chi connectivity index (χ0n) is 7.80. The number of aromatic nitrogens is 1. The molecule has 0 unspecified atom stereocenters. The minimum atomic E-state index is 0.595. The van der Waals surface area contributed by atoms with Gasteiger partial charge in [0.2, 0.25) is 5.88 Å². The van der Waals surface area contributed by atoms with E-state index in [1.807, 2.05) is 13.0 Å². The normalized spacial score (nSPS) is 10.1. The van der Waals surface area contributed by atoms with Crippen LogP contribution in [0.2, 0.25) is 5.02 Å². The van der Waals surface area contributed by atoms with E-state index in [-0.39, 0.29) is 0 Å². The molecule has 0 atom stereocenters. The molecule has 4 heteroatoms. The number of hydrogen-bond acceptors (Lipinski definition) is 3. The zero-order valence-corrected chi connectivity index (χ0v) is 8.56. The molecule has 0 saturated heterocycles. The first-order valence-electron chi connectivity index (χ1n) is 4.17. The van der Waals surface area contributed by atoms with Crippen molar-refractivity contribution in [1.29, 1.82) is 0 Å². The maximum absolute atomic E-state index is 5.93. The molecule has 3 nitrogen and oxygen atoms in total. The lowest BCUT2D eigenvalue weighted by Crippen LogP contribution is -2.12. The molecule has 0 radical (unpaired) electrons. The second-order valence-corrected chi connectivity index (χ2v) is 3.01. The molecule has 1 aromatic heterocycles. The summed E-state index contributed by atoms with van der Waals surface area (Å²) in [5.41, 5.74) is 1.01. The SMILES string of the molecule is CCNCc1cc(OC)ncc1Cl. The highest BCUT2D eigenvalue weighted by molar-refractivity contribution is 6.31. The molecule has 1 N–H and O–H groups in total. The minimum Gasteiger partial charge on any atom is -0.481 e. The smallest absolute Gasteiger partial charge is 0.213 e. The highest BCUT2D eigenvalue weighted by Gasteiger charge is 2.02. The van der Waals surface area contributed by atoms with Crippen molar-refractivity contribution in [2.75, 3.05) is 13.7 Å². The molecule has 0 aliphatic carbocycles. The number of nitrogens with one attached hydrogen (secondary N) is 1. The third kappa shape index (κ3) is 2.86. The van der Waals surface area contributed by atoms with E-state index >= 15 is 0 Å². The summed E-state index contributed by atoms with van der Waals surface area (Å²) < 4.78 is 4.99. The summed E-state index contributed by atoms with van der Waals surface area (Å²) in [6.07, 6.45) is 1.60. The summed E-state index contributed by atoms with van der Waals surface area (Å²) in [6, 6.07) is 1.84. The van der Waals surface area contributed by atoms with Gasteiger partial charge in [0.1, 0.15) is 0 Å². The van der Waals surface area contributed by atoms with E-state index in [9.17, 15) is 0 Å². The van der Waals surface area contributed by atoms with Crippen molar-refractivity contribution in [1.82, 2.24) is 10.3 Å². The van der Waals surface area contributed by atoms with Gasteiger partial charge in [-0.1, -0.05) is 18.5 Å². The third-order valence-electron chi connectivity index (χ3n) is 1.68. The average Bonchev–Trinajstić information content (AvgIpc) is 2.17. The van der Waals surface area contributed by atoms with Crippen LogP contribution in [0.1, 0.15) is 12.5 Å².